The van der Waals surface area contributed by atoms with Crippen molar-refractivity contribution in [1.82, 2.24) is 0 Å². The minimum absolute atomic E-state index is 0.159. The van der Waals surface area contributed by atoms with Gasteiger partial charge in [-0.3, -0.25) is 0 Å². The van der Waals surface area contributed by atoms with Crippen LogP contribution in [0.2, 0.25) is 0 Å². The molecule has 0 aliphatic heterocycles. The van der Waals surface area contributed by atoms with Gasteiger partial charge in [-0.05, 0) is 35.2 Å². The van der Waals surface area contributed by atoms with E-state index in [4.69, 9.17) is 14.2 Å². The molecule has 5 nitrogen and oxygen atoms in total. The van der Waals surface area contributed by atoms with Crippen LogP contribution in [0.3, 0.4) is 0 Å². The summed E-state index contributed by atoms with van der Waals surface area (Å²) in [5.41, 5.74) is 1.52. The Morgan fingerprint density at radius 2 is 1.73 bits per heavy atom. The molecular formula is C21H26O5. The molecule has 26 heavy (non-hydrogen) atoms. The quantitative estimate of drug-likeness (QED) is 0.808. The van der Waals surface area contributed by atoms with Crippen molar-refractivity contribution in [3.05, 3.63) is 53.6 Å². The Morgan fingerprint density at radius 3 is 2.31 bits per heavy atom. The fraction of sp³-hybridized carbons (Fsp3) is 0.381. The van der Waals surface area contributed by atoms with Gasteiger partial charge in [0.05, 0.1) is 14.2 Å². The van der Waals surface area contributed by atoms with E-state index in [9.17, 15) is 9.90 Å². The van der Waals surface area contributed by atoms with Gasteiger partial charge in [-0.15, -0.1) is 0 Å². The number of hydrogen-bond acceptors (Lipinski definition) is 4. The fourth-order valence-electron chi connectivity index (χ4n) is 2.76. The monoisotopic (exact) mass is 358 g/mol. The van der Waals surface area contributed by atoms with E-state index in [1.54, 1.807) is 38.5 Å². The summed E-state index contributed by atoms with van der Waals surface area (Å²) >= 11 is 0. The smallest absolute Gasteiger partial charge is 0.345 e. The number of aliphatic carboxylic acids is 1. The number of carboxylic acids is 1. The maximum Gasteiger partial charge on any atom is 0.345 e. The summed E-state index contributed by atoms with van der Waals surface area (Å²) in [6, 6.07) is 12.8. The SMILES string of the molecule is COc1ccc(OC)c(CC(Oc2ccccc2C(C)(C)C)C(=O)O)c1. The van der Waals surface area contributed by atoms with E-state index >= 15 is 0 Å². The summed E-state index contributed by atoms with van der Waals surface area (Å²) in [5.74, 6) is 0.789. The van der Waals surface area contributed by atoms with Crippen LogP contribution in [0.1, 0.15) is 31.9 Å². The molecule has 0 fully saturated rings. The topological polar surface area (TPSA) is 65.0 Å². The third-order valence-corrected chi connectivity index (χ3v) is 4.13. The molecule has 0 amide bonds. The van der Waals surface area contributed by atoms with Crippen LogP contribution in [-0.2, 0) is 16.6 Å². The molecule has 0 aliphatic rings. The van der Waals surface area contributed by atoms with Gasteiger partial charge in [0, 0.05) is 12.0 Å². The van der Waals surface area contributed by atoms with Crippen molar-refractivity contribution < 1.29 is 24.1 Å². The first kappa shape index (κ1) is 19.6. The lowest BCUT2D eigenvalue weighted by atomic mass is 9.86. The molecule has 0 saturated carbocycles. The van der Waals surface area contributed by atoms with Crippen LogP contribution < -0.4 is 14.2 Å². The van der Waals surface area contributed by atoms with Gasteiger partial charge >= 0.3 is 5.97 Å². The predicted molar refractivity (Wildman–Crippen MR) is 100 cm³/mol. The van der Waals surface area contributed by atoms with E-state index in [1.165, 1.54) is 0 Å². The first-order valence-electron chi connectivity index (χ1n) is 8.46. The van der Waals surface area contributed by atoms with Crippen LogP contribution in [0, 0.1) is 0 Å². The normalized spacial score (nSPS) is 12.3. The van der Waals surface area contributed by atoms with Gasteiger partial charge in [-0.2, -0.15) is 0 Å². The molecule has 140 valence electrons. The van der Waals surface area contributed by atoms with Gasteiger partial charge in [-0.25, -0.2) is 4.79 Å². The van der Waals surface area contributed by atoms with E-state index in [2.05, 4.69) is 20.8 Å². The molecule has 2 rings (SSSR count). The lowest BCUT2D eigenvalue weighted by molar-refractivity contribution is -0.145. The van der Waals surface area contributed by atoms with Crippen molar-refractivity contribution in [2.75, 3.05) is 14.2 Å². The summed E-state index contributed by atoms with van der Waals surface area (Å²) in [7, 11) is 3.12. The molecule has 5 heteroatoms. The van der Waals surface area contributed by atoms with Crippen LogP contribution >= 0.6 is 0 Å². The average molecular weight is 358 g/mol. The zero-order valence-corrected chi connectivity index (χ0v) is 15.9. The van der Waals surface area contributed by atoms with Crippen molar-refractivity contribution in [2.45, 2.75) is 38.7 Å². The highest BCUT2D eigenvalue weighted by Crippen LogP contribution is 2.32. The Kier molecular flexibility index (Phi) is 6.14. The standard InChI is InChI=1S/C21H26O5/c1-21(2,3)16-8-6-7-9-18(16)26-19(20(22)23)13-14-12-15(24-4)10-11-17(14)25-5/h6-12,19H,13H2,1-5H3,(H,22,23). The molecule has 1 unspecified atom stereocenters. The predicted octanol–water partition coefficient (Wildman–Crippen LogP) is 4.08. The lowest BCUT2D eigenvalue weighted by Crippen LogP contribution is -2.30. The van der Waals surface area contributed by atoms with Gasteiger partial charge in [0.2, 0.25) is 0 Å². The second-order valence-corrected chi connectivity index (χ2v) is 7.07. The van der Waals surface area contributed by atoms with Gasteiger partial charge in [0.1, 0.15) is 17.2 Å². The number of methoxy groups -OCH3 is 2. The highest BCUT2D eigenvalue weighted by Gasteiger charge is 2.26. The number of para-hydroxylation sites is 1. The molecule has 0 spiro atoms. The molecule has 0 aliphatic carbocycles. The Labute approximate surface area is 154 Å². The Balaban J connectivity index is 2.34. The second-order valence-electron chi connectivity index (χ2n) is 7.07. The minimum Gasteiger partial charge on any atom is -0.497 e. The molecule has 1 N–H and O–H groups in total. The third-order valence-electron chi connectivity index (χ3n) is 4.13. The number of carboxylic acid groups (broad SMARTS) is 1. The van der Waals surface area contributed by atoms with Crippen LogP contribution in [0.25, 0.3) is 0 Å². The summed E-state index contributed by atoms with van der Waals surface area (Å²) < 4.78 is 16.5. The summed E-state index contributed by atoms with van der Waals surface area (Å²) in [4.78, 5) is 11.8. The summed E-state index contributed by atoms with van der Waals surface area (Å²) in [5, 5.41) is 9.68. The number of benzene rings is 2. The number of ether oxygens (including phenoxy) is 3. The Hall–Kier alpha value is -2.69. The van der Waals surface area contributed by atoms with Crippen LogP contribution in [0.15, 0.2) is 42.5 Å². The molecule has 0 bridgehead atoms. The van der Waals surface area contributed by atoms with Crippen LogP contribution in [0.4, 0.5) is 0 Å². The number of carbonyl (C=O) groups is 1. The molecule has 0 heterocycles. The Bertz CT molecular complexity index is 761. The van der Waals surface area contributed by atoms with Crippen LogP contribution in [0.5, 0.6) is 17.2 Å². The van der Waals surface area contributed by atoms with Crippen molar-refractivity contribution >= 4 is 5.97 Å². The Morgan fingerprint density at radius 1 is 1.04 bits per heavy atom. The minimum atomic E-state index is -1.04. The van der Waals surface area contributed by atoms with E-state index in [-0.39, 0.29) is 11.8 Å². The largest absolute Gasteiger partial charge is 0.497 e. The van der Waals surface area contributed by atoms with Gasteiger partial charge in [0.25, 0.3) is 0 Å². The second kappa shape index (κ2) is 8.13. The molecule has 1 atom stereocenters. The molecule has 0 saturated heterocycles. The number of hydrogen-bond donors (Lipinski definition) is 1. The highest BCUT2D eigenvalue weighted by molar-refractivity contribution is 5.73. The molecular weight excluding hydrogens is 332 g/mol. The molecule has 0 radical (unpaired) electrons. The zero-order valence-electron chi connectivity index (χ0n) is 15.9. The van der Waals surface area contributed by atoms with Crippen LogP contribution in [-0.4, -0.2) is 31.4 Å². The number of rotatable bonds is 7. The van der Waals surface area contributed by atoms with E-state index < -0.39 is 12.1 Å². The molecule has 0 aromatic heterocycles. The van der Waals surface area contributed by atoms with E-state index in [0.717, 1.165) is 5.56 Å². The lowest BCUT2D eigenvalue weighted by Gasteiger charge is -2.25. The summed E-state index contributed by atoms with van der Waals surface area (Å²) in [6.07, 6.45) is -0.881. The fourth-order valence-corrected chi connectivity index (χ4v) is 2.76. The first-order valence-corrected chi connectivity index (χ1v) is 8.46. The van der Waals surface area contributed by atoms with E-state index in [0.29, 0.717) is 22.8 Å². The van der Waals surface area contributed by atoms with Crippen molar-refractivity contribution in [2.24, 2.45) is 0 Å². The maximum absolute atomic E-state index is 11.8. The van der Waals surface area contributed by atoms with Gasteiger partial charge in [-0.1, -0.05) is 39.0 Å². The average Bonchev–Trinajstić information content (AvgIpc) is 2.60. The van der Waals surface area contributed by atoms with E-state index in [1.807, 2.05) is 18.2 Å². The first-order chi connectivity index (χ1) is 12.3. The van der Waals surface area contributed by atoms with Gasteiger partial charge in [0.15, 0.2) is 6.10 Å². The summed E-state index contributed by atoms with van der Waals surface area (Å²) in [6.45, 7) is 6.20. The zero-order chi connectivity index (χ0) is 19.3. The van der Waals surface area contributed by atoms with Crippen molar-refractivity contribution in [1.29, 1.82) is 0 Å². The third kappa shape index (κ3) is 4.69. The molecule has 2 aromatic carbocycles. The molecule has 2 aromatic rings. The maximum atomic E-state index is 11.8. The van der Waals surface area contributed by atoms with Crippen molar-refractivity contribution in [3.63, 3.8) is 0 Å². The highest BCUT2D eigenvalue weighted by atomic mass is 16.5. The van der Waals surface area contributed by atoms with Gasteiger partial charge < -0.3 is 19.3 Å². The van der Waals surface area contributed by atoms with Crippen molar-refractivity contribution in [3.8, 4) is 17.2 Å².